The van der Waals surface area contributed by atoms with Crippen LogP contribution in [0.3, 0.4) is 0 Å². The maximum absolute atomic E-state index is 13.5. The Morgan fingerprint density at radius 2 is 1.44 bits per heavy atom. The van der Waals surface area contributed by atoms with Gasteiger partial charge in [0.2, 0.25) is 10.0 Å². The second-order valence-corrected chi connectivity index (χ2v) is 11.4. The molecule has 0 unspecified atom stereocenters. The van der Waals surface area contributed by atoms with Crippen LogP contribution in [0.15, 0.2) is 82.8 Å². The molecule has 3 aromatic rings. The fraction of sp³-hybridized carbons (Fsp3) is 0.174. The highest BCUT2D eigenvalue weighted by atomic mass is 32.2. The van der Waals surface area contributed by atoms with Gasteiger partial charge in [0.1, 0.15) is 11.6 Å². The quantitative estimate of drug-likeness (QED) is 0.519. The average Bonchev–Trinajstić information content (AvgIpc) is 3.26. The van der Waals surface area contributed by atoms with Gasteiger partial charge in [-0.15, -0.1) is 0 Å². The van der Waals surface area contributed by atoms with E-state index in [1.165, 1.54) is 31.2 Å². The molecule has 1 atom stereocenters. The number of hydrogen-bond acceptors (Lipinski definition) is 5. The minimum atomic E-state index is -4.15. The molecule has 178 valence electrons. The van der Waals surface area contributed by atoms with Gasteiger partial charge in [0.15, 0.2) is 0 Å². The Morgan fingerprint density at radius 3 is 2.00 bits per heavy atom. The number of benzene rings is 3. The maximum atomic E-state index is 13.5. The summed E-state index contributed by atoms with van der Waals surface area (Å²) in [6.07, 6.45) is 0.200. The van der Waals surface area contributed by atoms with Crippen molar-refractivity contribution in [3.63, 3.8) is 0 Å². The van der Waals surface area contributed by atoms with E-state index in [-0.39, 0.29) is 17.1 Å². The van der Waals surface area contributed by atoms with E-state index in [0.29, 0.717) is 22.5 Å². The first-order chi connectivity index (χ1) is 16.1. The summed E-state index contributed by atoms with van der Waals surface area (Å²) in [5.41, 5.74) is 1.96. The third-order valence-electron chi connectivity index (χ3n) is 5.36. The Balaban J connectivity index is 1.71. The van der Waals surface area contributed by atoms with Crippen LogP contribution < -0.4 is 4.72 Å². The molecule has 7 nitrogen and oxygen atoms in total. The van der Waals surface area contributed by atoms with Gasteiger partial charge in [-0.1, -0.05) is 24.3 Å². The van der Waals surface area contributed by atoms with Crippen molar-refractivity contribution in [2.75, 3.05) is 10.5 Å². The number of sulfonamides is 2. The Kier molecular flexibility index (Phi) is 6.41. The standard InChI is InChI=1S/C23H21F2N3O4S2/c1-2-33(29,30)27-20-11-5-16(6-12-20)22-15-23(17-3-7-18(24)8-4-17)28(26-22)34(31,32)21-13-9-19(25)10-14-21/h3-14,23,27H,2,15H2,1H3/t23-/m1/s1. The summed E-state index contributed by atoms with van der Waals surface area (Å²) in [5, 5.41) is 4.37. The monoisotopic (exact) mass is 505 g/mol. The molecule has 34 heavy (non-hydrogen) atoms. The second-order valence-electron chi connectivity index (χ2n) is 7.63. The lowest BCUT2D eigenvalue weighted by Gasteiger charge is -2.23. The van der Waals surface area contributed by atoms with Crippen molar-refractivity contribution in [2.24, 2.45) is 5.10 Å². The van der Waals surface area contributed by atoms with Crippen LogP contribution in [0, 0.1) is 11.6 Å². The van der Waals surface area contributed by atoms with Crippen LogP contribution in [-0.2, 0) is 20.0 Å². The molecule has 11 heteroatoms. The highest BCUT2D eigenvalue weighted by Crippen LogP contribution is 2.37. The molecule has 3 aromatic carbocycles. The van der Waals surface area contributed by atoms with Gasteiger partial charge in [0.05, 0.1) is 22.4 Å². The van der Waals surface area contributed by atoms with Crippen molar-refractivity contribution < 1.29 is 25.6 Å². The number of hydrogen-bond donors (Lipinski definition) is 1. The van der Waals surface area contributed by atoms with E-state index in [1.807, 2.05) is 0 Å². The highest BCUT2D eigenvalue weighted by molar-refractivity contribution is 7.92. The van der Waals surface area contributed by atoms with Gasteiger partial charge in [-0.05, 0) is 66.6 Å². The molecule has 1 N–H and O–H groups in total. The molecule has 0 bridgehead atoms. The van der Waals surface area contributed by atoms with E-state index >= 15 is 0 Å². The number of nitrogens with one attached hydrogen (secondary N) is 1. The third-order valence-corrected chi connectivity index (χ3v) is 8.36. The Bertz CT molecular complexity index is 1420. The second kappa shape index (κ2) is 9.15. The fourth-order valence-corrected chi connectivity index (χ4v) is 5.59. The lowest BCUT2D eigenvalue weighted by Crippen LogP contribution is -2.27. The predicted molar refractivity (Wildman–Crippen MR) is 125 cm³/mol. The van der Waals surface area contributed by atoms with Crippen LogP contribution in [0.25, 0.3) is 0 Å². The lowest BCUT2D eigenvalue weighted by molar-refractivity contribution is 0.371. The Hall–Kier alpha value is -3.31. The Morgan fingerprint density at radius 1 is 0.882 bits per heavy atom. The van der Waals surface area contributed by atoms with Gasteiger partial charge in [-0.3, -0.25) is 4.72 Å². The van der Waals surface area contributed by atoms with E-state index in [9.17, 15) is 25.6 Å². The summed E-state index contributed by atoms with van der Waals surface area (Å²) in [4.78, 5) is -0.129. The van der Waals surface area contributed by atoms with Crippen molar-refractivity contribution in [1.29, 1.82) is 0 Å². The Labute approximate surface area is 196 Å². The number of nitrogens with zero attached hydrogens (tertiary/aromatic N) is 2. The van der Waals surface area contributed by atoms with Gasteiger partial charge in [-0.2, -0.15) is 17.9 Å². The molecule has 0 amide bonds. The molecule has 0 saturated heterocycles. The minimum absolute atomic E-state index is 0.0724. The normalized spacial score (nSPS) is 16.4. The van der Waals surface area contributed by atoms with Crippen molar-refractivity contribution >= 4 is 31.4 Å². The first kappa shape index (κ1) is 23.8. The number of hydrazone groups is 1. The van der Waals surface area contributed by atoms with Gasteiger partial charge >= 0.3 is 0 Å². The molecular formula is C23H21F2N3O4S2. The molecule has 1 aliphatic heterocycles. The molecule has 0 aliphatic carbocycles. The van der Waals surface area contributed by atoms with E-state index in [0.717, 1.165) is 28.7 Å². The molecule has 0 spiro atoms. The number of rotatable bonds is 7. The number of halogens is 2. The highest BCUT2D eigenvalue weighted by Gasteiger charge is 2.37. The van der Waals surface area contributed by atoms with Gasteiger partial charge in [0, 0.05) is 12.1 Å². The largest absolute Gasteiger partial charge is 0.284 e. The molecule has 4 rings (SSSR count). The van der Waals surface area contributed by atoms with Crippen LogP contribution >= 0.6 is 0 Å². The van der Waals surface area contributed by atoms with Crippen molar-refractivity contribution in [3.05, 3.63) is 95.6 Å². The molecule has 0 radical (unpaired) electrons. The van der Waals surface area contributed by atoms with E-state index in [1.54, 1.807) is 24.3 Å². The fourth-order valence-electron chi connectivity index (χ4n) is 3.51. The topological polar surface area (TPSA) is 95.9 Å². The predicted octanol–water partition coefficient (Wildman–Crippen LogP) is 4.27. The third kappa shape index (κ3) is 4.95. The zero-order chi connectivity index (χ0) is 24.5. The molecule has 0 fully saturated rings. The average molecular weight is 506 g/mol. The van der Waals surface area contributed by atoms with Gasteiger partial charge in [-0.25, -0.2) is 17.2 Å². The summed E-state index contributed by atoms with van der Waals surface area (Å²) in [6, 6.07) is 15.6. The van der Waals surface area contributed by atoms with E-state index in [2.05, 4.69) is 9.82 Å². The molecule has 1 heterocycles. The van der Waals surface area contributed by atoms with Crippen LogP contribution in [0.1, 0.15) is 30.5 Å². The lowest BCUT2D eigenvalue weighted by atomic mass is 9.99. The van der Waals surface area contributed by atoms with Gasteiger partial charge < -0.3 is 0 Å². The first-order valence-electron chi connectivity index (χ1n) is 10.3. The molecule has 0 saturated carbocycles. The van der Waals surface area contributed by atoms with Crippen molar-refractivity contribution in [3.8, 4) is 0 Å². The maximum Gasteiger partial charge on any atom is 0.279 e. The molecular weight excluding hydrogens is 484 g/mol. The SMILES string of the molecule is CCS(=O)(=O)Nc1ccc(C2=NN(S(=O)(=O)c3ccc(F)cc3)[C@@H](c3ccc(F)cc3)C2)cc1. The van der Waals surface area contributed by atoms with Crippen LogP contribution in [0.4, 0.5) is 14.5 Å². The van der Waals surface area contributed by atoms with Crippen LogP contribution in [-0.4, -0.2) is 32.7 Å². The summed E-state index contributed by atoms with van der Waals surface area (Å²) in [5.74, 6) is -1.10. The zero-order valence-electron chi connectivity index (χ0n) is 18.0. The molecule has 0 aromatic heterocycles. The summed E-state index contributed by atoms with van der Waals surface area (Å²) in [6.45, 7) is 1.52. The smallest absolute Gasteiger partial charge is 0.279 e. The van der Waals surface area contributed by atoms with E-state index in [4.69, 9.17) is 0 Å². The van der Waals surface area contributed by atoms with E-state index < -0.39 is 37.7 Å². The zero-order valence-corrected chi connectivity index (χ0v) is 19.7. The van der Waals surface area contributed by atoms with Crippen molar-refractivity contribution in [2.45, 2.75) is 24.3 Å². The molecule has 1 aliphatic rings. The summed E-state index contributed by atoms with van der Waals surface area (Å²) in [7, 11) is -7.59. The first-order valence-corrected chi connectivity index (χ1v) is 13.4. The summed E-state index contributed by atoms with van der Waals surface area (Å²) < 4.78 is 80.5. The van der Waals surface area contributed by atoms with Gasteiger partial charge in [0.25, 0.3) is 10.0 Å². The summed E-state index contributed by atoms with van der Waals surface area (Å²) >= 11 is 0. The van der Waals surface area contributed by atoms with Crippen molar-refractivity contribution in [1.82, 2.24) is 4.41 Å². The van der Waals surface area contributed by atoms with Crippen LogP contribution in [0.5, 0.6) is 0 Å². The number of anilines is 1. The minimum Gasteiger partial charge on any atom is -0.284 e. The van der Waals surface area contributed by atoms with Crippen LogP contribution in [0.2, 0.25) is 0 Å².